The molecule has 4 heteroatoms. The smallest absolute Gasteiger partial charge is 0.323 e. The van der Waals surface area contributed by atoms with Crippen LogP contribution in [0.2, 0.25) is 0 Å². The van der Waals surface area contributed by atoms with Gasteiger partial charge >= 0.3 is 5.97 Å². The number of aliphatic carboxylic acids is 1. The fourth-order valence-electron chi connectivity index (χ4n) is 2.80. The van der Waals surface area contributed by atoms with E-state index in [1.807, 2.05) is 6.92 Å². The molecule has 0 spiro atoms. The van der Waals surface area contributed by atoms with Crippen LogP contribution < -0.4 is 5.32 Å². The summed E-state index contributed by atoms with van der Waals surface area (Å²) in [4.78, 5) is 13.9. The third-order valence-corrected chi connectivity index (χ3v) is 4.30. The van der Waals surface area contributed by atoms with Crippen LogP contribution in [0.3, 0.4) is 0 Å². The van der Waals surface area contributed by atoms with E-state index in [1.165, 1.54) is 25.8 Å². The molecular weight excluding hydrogens is 240 g/mol. The molecule has 0 saturated carbocycles. The number of carbonyl (C=O) groups is 1. The van der Waals surface area contributed by atoms with Crippen LogP contribution in [-0.2, 0) is 4.79 Å². The van der Waals surface area contributed by atoms with Crippen LogP contribution in [0.5, 0.6) is 0 Å². The van der Waals surface area contributed by atoms with Gasteiger partial charge in [-0.1, -0.05) is 13.3 Å². The zero-order valence-corrected chi connectivity index (χ0v) is 12.7. The molecular formula is C15H30N2O2. The van der Waals surface area contributed by atoms with Gasteiger partial charge in [-0.2, -0.15) is 0 Å². The second kappa shape index (κ2) is 7.85. The lowest BCUT2D eigenvalue weighted by atomic mass is 9.94. The highest BCUT2D eigenvalue weighted by Gasteiger charge is 2.32. The van der Waals surface area contributed by atoms with Crippen LogP contribution in [0.15, 0.2) is 0 Å². The maximum absolute atomic E-state index is 11.4. The lowest BCUT2D eigenvalue weighted by molar-refractivity contribution is -0.144. The first kappa shape index (κ1) is 16.4. The summed E-state index contributed by atoms with van der Waals surface area (Å²) in [5.74, 6) is -0.729. The number of likely N-dealkylation sites (tertiary alicyclic amines) is 1. The molecule has 2 N–H and O–H groups in total. The minimum absolute atomic E-state index is 0.661. The zero-order valence-electron chi connectivity index (χ0n) is 12.7. The molecule has 19 heavy (non-hydrogen) atoms. The van der Waals surface area contributed by atoms with E-state index < -0.39 is 11.5 Å². The van der Waals surface area contributed by atoms with Crippen molar-refractivity contribution in [3.63, 3.8) is 0 Å². The van der Waals surface area contributed by atoms with E-state index in [1.54, 1.807) is 0 Å². The standard InChI is InChI=1S/C15H30N2O2/c1-4-10-16-15(3,14(18)19)9-7-12-17-11-6-5-8-13(17)2/h13,16H,4-12H2,1-3H3,(H,18,19). The molecule has 1 saturated heterocycles. The van der Waals surface area contributed by atoms with Gasteiger partial charge in [0.25, 0.3) is 0 Å². The van der Waals surface area contributed by atoms with Crippen molar-refractivity contribution < 1.29 is 9.90 Å². The molecule has 0 bridgehead atoms. The van der Waals surface area contributed by atoms with Crippen LogP contribution in [0, 0.1) is 0 Å². The monoisotopic (exact) mass is 270 g/mol. The number of nitrogens with zero attached hydrogens (tertiary/aromatic N) is 1. The van der Waals surface area contributed by atoms with Crippen molar-refractivity contribution in [1.82, 2.24) is 10.2 Å². The molecule has 112 valence electrons. The van der Waals surface area contributed by atoms with Gasteiger partial charge < -0.3 is 15.3 Å². The lowest BCUT2D eigenvalue weighted by Crippen LogP contribution is -2.50. The summed E-state index contributed by atoms with van der Waals surface area (Å²) in [6.45, 7) is 9.12. The Labute approximate surface area is 117 Å². The highest BCUT2D eigenvalue weighted by Crippen LogP contribution is 2.19. The number of hydrogen-bond acceptors (Lipinski definition) is 3. The van der Waals surface area contributed by atoms with E-state index >= 15 is 0 Å². The molecule has 1 aliphatic heterocycles. The second-order valence-corrected chi connectivity index (χ2v) is 6.05. The molecule has 0 radical (unpaired) electrons. The molecule has 2 unspecified atom stereocenters. The number of carboxylic acids is 1. The first-order valence-corrected chi connectivity index (χ1v) is 7.72. The van der Waals surface area contributed by atoms with E-state index in [2.05, 4.69) is 24.1 Å². The van der Waals surface area contributed by atoms with Gasteiger partial charge in [-0.25, -0.2) is 0 Å². The van der Waals surface area contributed by atoms with Crippen LogP contribution in [0.4, 0.5) is 0 Å². The highest BCUT2D eigenvalue weighted by molar-refractivity contribution is 5.78. The quantitative estimate of drug-likeness (QED) is 0.711. The zero-order chi connectivity index (χ0) is 14.3. The van der Waals surface area contributed by atoms with Gasteiger partial charge in [-0.05, 0) is 65.6 Å². The number of hydrogen-bond donors (Lipinski definition) is 2. The number of piperidine rings is 1. The lowest BCUT2D eigenvalue weighted by Gasteiger charge is -2.34. The normalized spacial score (nSPS) is 24.1. The maximum Gasteiger partial charge on any atom is 0.323 e. The van der Waals surface area contributed by atoms with Gasteiger partial charge in [0.15, 0.2) is 0 Å². The predicted molar refractivity (Wildman–Crippen MR) is 78.5 cm³/mol. The third kappa shape index (κ3) is 5.11. The van der Waals surface area contributed by atoms with Gasteiger partial charge in [0, 0.05) is 6.04 Å². The van der Waals surface area contributed by atoms with Crippen molar-refractivity contribution >= 4 is 5.97 Å². The summed E-state index contributed by atoms with van der Waals surface area (Å²) in [5.41, 5.74) is -0.769. The Balaban J connectivity index is 2.37. The molecule has 0 aromatic rings. The molecule has 1 fully saturated rings. The topological polar surface area (TPSA) is 52.6 Å². The van der Waals surface area contributed by atoms with E-state index in [4.69, 9.17) is 0 Å². The first-order chi connectivity index (χ1) is 8.99. The van der Waals surface area contributed by atoms with Gasteiger partial charge in [-0.3, -0.25) is 4.79 Å². The number of nitrogens with one attached hydrogen (secondary N) is 1. The summed E-state index contributed by atoms with van der Waals surface area (Å²) >= 11 is 0. The Morgan fingerprint density at radius 2 is 2.21 bits per heavy atom. The maximum atomic E-state index is 11.4. The van der Waals surface area contributed by atoms with E-state index in [-0.39, 0.29) is 0 Å². The van der Waals surface area contributed by atoms with Gasteiger partial charge in [0.1, 0.15) is 5.54 Å². The Hall–Kier alpha value is -0.610. The summed E-state index contributed by atoms with van der Waals surface area (Å²) < 4.78 is 0. The summed E-state index contributed by atoms with van der Waals surface area (Å²) in [7, 11) is 0. The van der Waals surface area contributed by atoms with Crippen molar-refractivity contribution in [3.8, 4) is 0 Å². The summed E-state index contributed by atoms with van der Waals surface area (Å²) in [6, 6.07) is 0.661. The largest absolute Gasteiger partial charge is 0.480 e. The molecule has 0 aliphatic carbocycles. The molecule has 0 aromatic heterocycles. The van der Waals surface area contributed by atoms with Crippen molar-refractivity contribution in [3.05, 3.63) is 0 Å². The predicted octanol–water partition coefficient (Wildman–Crippen LogP) is 2.48. The van der Waals surface area contributed by atoms with E-state index in [0.717, 1.165) is 25.9 Å². The molecule has 1 heterocycles. The SMILES string of the molecule is CCCNC(C)(CCCN1CCCCC1C)C(=O)O. The molecule has 1 rings (SSSR count). The summed E-state index contributed by atoms with van der Waals surface area (Å²) in [5, 5.41) is 12.5. The summed E-state index contributed by atoms with van der Waals surface area (Å²) in [6.07, 6.45) is 6.52. The average molecular weight is 270 g/mol. The fourth-order valence-corrected chi connectivity index (χ4v) is 2.80. The van der Waals surface area contributed by atoms with Crippen molar-refractivity contribution in [2.45, 2.75) is 70.9 Å². The fraction of sp³-hybridized carbons (Fsp3) is 0.933. The highest BCUT2D eigenvalue weighted by atomic mass is 16.4. The first-order valence-electron chi connectivity index (χ1n) is 7.72. The molecule has 0 amide bonds. The molecule has 4 nitrogen and oxygen atoms in total. The minimum Gasteiger partial charge on any atom is -0.480 e. The van der Waals surface area contributed by atoms with Crippen LogP contribution in [-0.4, -0.2) is 47.2 Å². The van der Waals surface area contributed by atoms with Crippen LogP contribution >= 0.6 is 0 Å². The Bertz CT molecular complexity index is 283. The van der Waals surface area contributed by atoms with E-state index in [0.29, 0.717) is 12.5 Å². The Morgan fingerprint density at radius 1 is 1.47 bits per heavy atom. The van der Waals surface area contributed by atoms with Crippen molar-refractivity contribution in [2.75, 3.05) is 19.6 Å². The van der Waals surface area contributed by atoms with Gasteiger partial charge in [-0.15, -0.1) is 0 Å². The van der Waals surface area contributed by atoms with Gasteiger partial charge in [0.05, 0.1) is 0 Å². The van der Waals surface area contributed by atoms with Crippen LogP contribution in [0.1, 0.15) is 59.3 Å². The van der Waals surface area contributed by atoms with E-state index in [9.17, 15) is 9.90 Å². The molecule has 1 aliphatic rings. The second-order valence-electron chi connectivity index (χ2n) is 6.05. The average Bonchev–Trinajstić information content (AvgIpc) is 2.38. The van der Waals surface area contributed by atoms with Crippen LogP contribution in [0.25, 0.3) is 0 Å². The molecule has 2 atom stereocenters. The number of rotatable bonds is 8. The Morgan fingerprint density at radius 3 is 2.79 bits per heavy atom. The van der Waals surface area contributed by atoms with Gasteiger partial charge in [0.2, 0.25) is 0 Å². The molecule has 0 aromatic carbocycles. The number of carboxylic acid groups (broad SMARTS) is 1. The van der Waals surface area contributed by atoms with Crippen molar-refractivity contribution in [1.29, 1.82) is 0 Å². The minimum atomic E-state index is -0.769. The Kier molecular flexibility index (Phi) is 6.80. The van der Waals surface area contributed by atoms with Crippen molar-refractivity contribution in [2.24, 2.45) is 0 Å². The third-order valence-electron chi connectivity index (χ3n) is 4.30.